The summed E-state index contributed by atoms with van der Waals surface area (Å²) in [5.41, 5.74) is 8.45. The SMILES string of the molecule is COc1ccc(CN2C(=O)[C@](N)(c3cc4cc(F)c(Cl)cc4[nH]3)c3cc(Cl)ccc32)cc1. The molecule has 3 N–H and O–H groups in total. The van der Waals surface area contributed by atoms with Crippen LogP contribution >= 0.6 is 23.2 Å². The number of carbonyl (C=O) groups is 1. The van der Waals surface area contributed by atoms with Gasteiger partial charge in [-0.2, -0.15) is 0 Å². The van der Waals surface area contributed by atoms with Gasteiger partial charge in [0, 0.05) is 21.5 Å². The fourth-order valence-corrected chi connectivity index (χ4v) is 4.50. The van der Waals surface area contributed by atoms with E-state index in [4.69, 9.17) is 33.7 Å². The van der Waals surface area contributed by atoms with Gasteiger partial charge in [-0.05, 0) is 54.1 Å². The Morgan fingerprint density at radius 1 is 1.09 bits per heavy atom. The number of aromatic amines is 1. The van der Waals surface area contributed by atoms with E-state index in [2.05, 4.69) is 4.98 Å². The molecule has 0 aliphatic carbocycles. The van der Waals surface area contributed by atoms with Crippen molar-refractivity contribution < 1.29 is 13.9 Å². The Kier molecular flexibility index (Phi) is 4.89. The van der Waals surface area contributed by atoms with Crippen molar-refractivity contribution in [3.05, 3.63) is 93.3 Å². The number of aromatic nitrogens is 1. The van der Waals surface area contributed by atoms with E-state index in [1.165, 1.54) is 12.1 Å². The molecular formula is C24H18Cl2FN3O2. The molecule has 0 spiro atoms. The quantitative estimate of drug-likeness (QED) is 0.421. The van der Waals surface area contributed by atoms with Crippen molar-refractivity contribution in [2.45, 2.75) is 12.1 Å². The monoisotopic (exact) mass is 469 g/mol. The number of H-pyrrole nitrogens is 1. The van der Waals surface area contributed by atoms with Crippen molar-refractivity contribution in [3.8, 4) is 5.75 Å². The summed E-state index contributed by atoms with van der Waals surface area (Å²) in [4.78, 5) is 18.5. The van der Waals surface area contributed by atoms with Gasteiger partial charge in [0.1, 0.15) is 11.6 Å². The molecule has 1 amide bonds. The lowest BCUT2D eigenvalue weighted by Gasteiger charge is -2.23. The van der Waals surface area contributed by atoms with Crippen LogP contribution in [-0.4, -0.2) is 18.0 Å². The number of carbonyl (C=O) groups excluding carboxylic acids is 1. The molecule has 0 radical (unpaired) electrons. The Morgan fingerprint density at radius 3 is 2.56 bits per heavy atom. The maximum Gasteiger partial charge on any atom is 0.258 e. The predicted molar refractivity (Wildman–Crippen MR) is 124 cm³/mol. The highest BCUT2D eigenvalue weighted by molar-refractivity contribution is 6.31. The second kappa shape index (κ2) is 7.52. The molecule has 1 atom stereocenters. The van der Waals surface area contributed by atoms with Crippen LogP contribution in [0, 0.1) is 5.82 Å². The van der Waals surface area contributed by atoms with Gasteiger partial charge < -0.3 is 20.4 Å². The Morgan fingerprint density at radius 2 is 1.84 bits per heavy atom. The summed E-state index contributed by atoms with van der Waals surface area (Å²) in [6.45, 7) is 0.317. The van der Waals surface area contributed by atoms with E-state index < -0.39 is 11.4 Å². The maximum atomic E-state index is 14.0. The third-order valence-corrected chi connectivity index (χ3v) is 6.37. The fraction of sp³-hybridized carbons (Fsp3) is 0.125. The van der Waals surface area contributed by atoms with E-state index in [0.717, 1.165) is 11.3 Å². The number of nitrogens with one attached hydrogen (secondary N) is 1. The Bertz CT molecular complexity index is 1330. The number of hydrogen-bond donors (Lipinski definition) is 2. The van der Waals surface area contributed by atoms with Gasteiger partial charge >= 0.3 is 0 Å². The van der Waals surface area contributed by atoms with Gasteiger partial charge in [-0.3, -0.25) is 4.79 Å². The van der Waals surface area contributed by atoms with Gasteiger partial charge in [-0.15, -0.1) is 0 Å². The largest absolute Gasteiger partial charge is 0.497 e. The first kappa shape index (κ1) is 20.8. The molecule has 1 aromatic heterocycles. The number of rotatable bonds is 4. The number of methoxy groups -OCH3 is 1. The number of anilines is 1. The van der Waals surface area contributed by atoms with Crippen LogP contribution in [0.4, 0.5) is 10.1 Å². The number of hydrogen-bond acceptors (Lipinski definition) is 3. The first-order valence-corrected chi connectivity index (χ1v) is 10.6. The zero-order chi connectivity index (χ0) is 22.6. The van der Waals surface area contributed by atoms with Crippen LogP contribution < -0.4 is 15.4 Å². The number of nitrogens with zero attached hydrogens (tertiary/aromatic N) is 1. The molecule has 8 heteroatoms. The summed E-state index contributed by atoms with van der Waals surface area (Å²) in [5.74, 6) is -0.132. The molecule has 0 unspecified atom stereocenters. The summed E-state index contributed by atoms with van der Waals surface area (Å²) < 4.78 is 19.2. The summed E-state index contributed by atoms with van der Waals surface area (Å²) in [6, 6.07) is 17.1. The van der Waals surface area contributed by atoms with Gasteiger partial charge in [0.15, 0.2) is 5.54 Å². The highest BCUT2D eigenvalue weighted by Crippen LogP contribution is 2.45. The van der Waals surface area contributed by atoms with Crippen molar-refractivity contribution in [1.29, 1.82) is 0 Å². The smallest absolute Gasteiger partial charge is 0.258 e. The Balaban J connectivity index is 1.62. The minimum atomic E-state index is -1.52. The van der Waals surface area contributed by atoms with Crippen molar-refractivity contribution in [2.75, 3.05) is 12.0 Å². The molecule has 0 bridgehead atoms. The second-order valence-electron chi connectivity index (χ2n) is 7.75. The second-order valence-corrected chi connectivity index (χ2v) is 8.59. The van der Waals surface area contributed by atoms with Crippen molar-refractivity contribution >= 4 is 45.7 Å². The zero-order valence-corrected chi connectivity index (χ0v) is 18.5. The molecular weight excluding hydrogens is 452 g/mol. The average molecular weight is 470 g/mol. The number of nitrogens with two attached hydrogens (primary N) is 1. The van der Waals surface area contributed by atoms with Gasteiger partial charge in [0.2, 0.25) is 0 Å². The molecule has 0 saturated heterocycles. The normalized spacial score (nSPS) is 17.8. The van der Waals surface area contributed by atoms with E-state index in [0.29, 0.717) is 39.4 Å². The number of fused-ring (bicyclic) bond motifs is 2. The molecule has 4 aromatic rings. The van der Waals surface area contributed by atoms with Gasteiger partial charge in [-0.1, -0.05) is 35.3 Å². The lowest BCUT2D eigenvalue weighted by atomic mass is 9.89. The topological polar surface area (TPSA) is 71.3 Å². The minimum Gasteiger partial charge on any atom is -0.497 e. The summed E-state index contributed by atoms with van der Waals surface area (Å²) >= 11 is 12.2. The molecule has 1 aliphatic heterocycles. The lowest BCUT2D eigenvalue weighted by Crippen LogP contribution is -2.48. The van der Waals surface area contributed by atoms with Gasteiger partial charge in [0.25, 0.3) is 5.91 Å². The van der Waals surface area contributed by atoms with E-state index in [1.54, 1.807) is 36.3 Å². The third kappa shape index (κ3) is 3.14. The van der Waals surface area contributed by atoms with Crippen LogP contribution in [0.25, 0.3) is 10.9 Å². The highest BCUT2D eigenvalue weighted by atomic mass is 35.5. The van der Waals surface area contributed by atoms with E-state index in [-0.39, 0.29) is 10.9 Å². The predicted octanol–water partition coefficient (Wildman–Crippen LogP) is 5.37. The highest BCUT2D eigenvalue weighted by Gasteiger charge is 2.50. The maximum absolute atomic E-state index is 14.0. The number of halogens is 3. The molecule has 0 fully saturated rings. The standard InChI is InChI=1S/C24H18Cl2FN3O2/c1-32-16-5-2-13(3-6-16)12-30-21-7-4-15(25)10-17(21)24(28,23(30)31)22-9-14-8-19(27)18(26)11-20(14)29-22/h2-11,29H,12,28H2,1H3/t24-/m1/s1. The van der Waals surface area contributed by atoms with Crippen LogP contribution in [0.3, 0.4) is 0 Å². The van der Waals surface area contributed by atoms with Crippen LogP contribution in [0.15, 0.2) is 60.7 Å². The van der Waals surface area contributed by atoms with E-state index >= 15 is 0 Å². The Labute approximate surface area is 193 Å². The van der Waals surface area contributed by atoms with Gasteiger partial charge in [-0.25, -0.2) is 4.39 Å². The minimum absolute atomic E-state index is 0.0145. The molecule has 162 valence electrons. The molecule has 1 aliphatic rings. The fourth-order valence-electron chi connectivity index (χ4n) is 4.17. The van der Waals surface area contributed by atoms with Crippen LogP contribution in [0.1, 0.15) is 16.8 Å². The molecule has 5 nitrogen and oxygen atoms in total. The van der Waals surface area contributed by atoms with Crippen LogP contribution in [0.2, 0.25) is 10.0 Å². The Hall–Kier alpha value is -3.06. The van der Waals surface area contributed by atoms with E-state index in [1.807, 2.05) is 24.3 Å². The molecule has 32 heavy (non-hydrogen) atoms. The van der Waals surface area contributed by atoms with Crippen LogP contribution in [-0.2, 0) is 16.9 Å². The zero-order valence-electron chi connectivity index (χ0n) is 17.0. The van der Waals surface area contributed by atoms with Crippen molar-refractivity contribution in [3.63, 3.8) is 0 Å². The molecule has 0 saturated carbocycles. The van der Waals surface area contributed by atoms with Crippen molar-refractivity contribution in [2.24, 2.45) is 5.73 Å². The summed E-state index contributed by atoms with van der Waals surface area (Å²) in [5, 5.41) is 1.01. The number of amides is 1. The first-order chi connectivity index (χ1) is 15.3. The third-order valence-electron chi connectivity index (χ3n) is 5.84. The molecule has 2 heterocycles. The molecule has 3 aromatic carbocycles. The van der Waals surface area contributed by atoms with E-state index in [9.17, 15) is 9.18 Å². The lowest BCUT2D eigenvalue weighted by molar-refractivity contribution is -0.121. The first-order valence-electron chi connectivity index (χ1n) is 9.83. The van der Waals surface area contributed by atoms with Crippen LogP contribution in [0.5, 0.6) is 5.75 Å². The average Bonchev–Trinajstić information content (AvgIpc) is 3.28. The number of benzene rings is 3. The van der Waals surface area contributed by atoms with Crippen molar-refractivity contribution in [1.82, 2.24) is 4.98 Å². The molecule has 5 rings (SSSR count). The summed E-state index contributed by atoms with van der Waals surface area (Å²) in [7, 11) is 1.60. The summed E-state index contributed by atoms with van der Waals surface area (Å²) in [6.07, 6.45) is 0. The van der Waals surface area contributed by atoms with Gasteiger partial charge in [0.05, 0.1) is 30.1 Å². The number of ether oxygens (including phenoxy) is 1.